The fourth-order valence-corrected chi connectivity index (χ4v) is 1.52. The molecule has 0 aromatic carbocycles. The quantitative estimate of drug-likeness (QED) is 0.445. The standard InChI is InChI=1S/C12H21N3O4/c16-10(17)3-1-2-6-14-12(19)15-8-7-13-11(18)9-4-5-9/h9H,1-8H2,(H,13,18)(H,16,17)(H2,14,15,19). The number of nitrogens with one attached hydrogen (secondary N) is 3. The van der Waals surface area contributed by atoms with Gasteiger partial charge in [0.2, 0.25) is 5.91 Å². The van der Waals surface area contributed by atoms with E-state index in [1.165, 1.54) is 0 Å². The fraction of sp³-hybridized carbons (Fsp3) is 0.750. The fourth-order valence-electron chi connectivity index (χ4n) is 1.52. The lowest BCUT2D eigenvalue weighted by atomic mass is 10.2. The van der Waals surface area contributed by atoms with Crippen molar-refractivity contribution in [2.24, 2.45) is 5.92 Å². The van der Waals surface area contributed by atoms with E-state index in [0.717, 1.165) is 12.8 Å². The molecule has 108 valence electrons. The van der Waals surface area contributed by atoms with E-state index >= 15 is 0 Å². The van der Waals surface area contributed by atoms with Gasteiger partial charge in [0, 0.05) is 32.0 Å². The first-order valence-electron chi connectivity index (χ1n) is 6.61. The molecule has 0 aromatic heterocycles. The van der Waals surface area contributed by atoms with Gasteiger partial charge in [-0.2, -0.15) is 0 Å². The summed E-state index contributed by atoms with van der Waals surface area (Å²) in [4.78, 5) is 32.8. The van der Waals surface area contributed by atoms with E-state index in [2.05, 4.69) is 16.0 Å². The molecule has 1 aliphatic carbocycles. The summed E-state index contributed by atoms with van der Waals surface area (Å²) < 4.78 is 0. The molecule has 0 unspecified atom stereocenters. The number of carbonyl (C=O) groups excluding carboxylic acids is 2. The van der Waals surface area contributed by atoms with Crippen LogP contribution in [-0.2, 0) is 9.59 Å². The van der Waals surface area contributed by atoms with Gasteiger partial charge in [-0.25, -0.2) is 4.79 Å². The van der Waals surface area contributed by atoms with Crippen LogP contribution in [0.4, 0.5) is 4.79 Å². The predicted octanol–water partition coefficient (Wildman–Crippen LogP) is 0.0667. The van der Waals surface area contributed by atoms with Gasteiger partial charge < -0.3 is 21.1 Å². The molecule has 4 N–H and O–H groups in total. The van der Waals surface area contributed by atoms with Crippen LogP contribution in [0.1, 0.15) is 32.1 Å². The second-order valence-corrected chi connectivity index (χ2v) is 4.60. The van der Waals surface area contributed by atoms with E-state index in [9.17, 15) is 14.4 Å². The summed E-state index contributed by atoms with van der Waals surface area (Å²) in [5.41, 5.74) is 0. The molecule has 7 nitrogen and oxygen atoms in total. The van der Waals surface area contributed by atoms with Gasteiger partial charge in [-0.1, -0.05) is 0 Å². The number of carbonyl (C=O) groups is 3. The Morgan fingerprint density at radius 2 is 1.58 bits per heavy atom. The minimum absolute atomic E-state index is 0.0656. The second-order valence-electron chi connectivity index (χ2n) is 4.60. The highest BCUT2D eigenvalue weighted by molar-refractivity contribution is 5.80. The highest BCUT2D eigenvalue weighted by Gasteiger charge is 2.28. The number of carboxylic acids is 1. The van der Waals surface area contributed by atoms with Gasteiger partial charge in [0.25, 0.3) is 0 Å². The lowest BCUT2D eigenvalue weighted by Crippen LogP contribution is -2.40. The highest BCUT2D eigenvalue weighted by atomic mass is 16.4. The lowest BCUT2D eigenvalue weighted by Gasteiger charge is -2.08. The lowest BCUT2D eigenvalue weighted by molar-refractivity contribution is -0.137. The van der Waals surface area contributed by atoms with Gasteiger partial charge in [-0.05, 0) is 25.7 Å². The van der Waals surface area contributed by atoms with Crippen LogP contribution in [0.15, 0.2) is 0 Å². The molecule has 19 heavy (non-hydrogen) atoms. The van der Waals surface area contributed by atoms with Crippen LogP contribution in [0.5, 0.6) is 0 Å². The third kappa shape index (κ3) is 8.01. The molecule has 1 rings (SSSR count). The molecule has 0 atom stereocenters. The Bertz CT molecular complexity index is 329. The smallest absolute Gasteiger partial charge is 0.314 e. The van der Waals surface area contributed by atoms with Gasteiger partial charge in [0.15, 0.2) is 0 Å². The van der Waals surface area contributed by atoms with Gasteiger partial charge >= 0.3 is 12.0 Å². The summed E-state index contributed by atoms with van der Waals surface area (Å²) in [6, 6.07) is -0.295. The summed E-state index contributed by atoms with van der Waals surface area (Å²) in [5, 5.41) is 16.4. The van der Waals surface area contributed by atoms with Crippen molar-refractivity contribution < 1.29 is 19.5 Å². The molecule has 1 saturated carbocycles. The van der Waals surface area contributed by atoms with Crippen LogP contribution in [0, 0.1) is 5.92 Å². The van der Waals surface area contributed by atoms with E-state index < -0.39 is 5.97 Å². The molecule has 0 aliphatic heterocycles. The molecule has 0 saturated heterocycles. The summed E-state index contributed by atoms with van der Waals surface area (Å²) in [7, 11) is 0. The van der Waals surface area contributed by atoms with Crippen LogP contribution in [-0.4, -0.2) is 42.6 Å². The van der Waals surface area contributed by atoms with Crippen molar-refractivity contribution in [2.75, 3.05) is 19.6 Å². The Morgan fingerprint density at radius 1 is 0.947 bits per heavy atom. The SMILES string of the molecule is O=C(O)CCCCNC(=O)NCCNC(=O)C1CC1. The average molecular weight is 271 g/mol. The molecule has 0 spiro atoms. The molecule has 7 heteroatoms. The van der Waals surface area contributed by atoms with Crippen LogP contribution < -0.4 is 16.0 Å². The zero-order valence-corrected chi connectivity index (χ0v) is 10.9. The van der Waals surface area contributed by atoms with Crippen molar-refractivity contribution in [3.05, 3.63) is 0 Å². The zero-order chi connectivity index (χ0) is 14.1. The van der Waals surface area contributed by atoms with E-state index in [1.54, 1.807) is 0 Å². The normalized spacial score (nSPS) is 13.7. The summed E-state index contributed by atoms with van der Waals surface area (Å²) >= 11 is 0. The number of carboxylic acid groups (broad SMARTS) is 1. The van der Waals surface area contributed by atoms with Crippen molar-refractivity contribution in [1.82, 2.24) is 16.0 Å². The number of aliphatic carboxylic acids is 1. The van der Waals surface area contributed by atoms with Gasteiger partial charge in [0.05, 0.1) is 0 Å². The first-order valence-corrected chi connectivity index (χ1v) is 6.61. The molecule has 1 fully saturated rings. The number of rotatable bonds is 9. The van der Waals surface area contributed by atoms with Crippen LogP contribution in [0.25, 0.3) is 0 Å². The van der Waals surface area contributed by atoms with Crippen LogP contribution in [0.2, 0.25) is 0 Å². The van der Waals surface area contributed by atoms with Gasteiger partial charge in [-0.15, -0.1) is 0 Å². The molecule has 0 radical (unpaired) electrons. The Labute approximate surface area is 112 Å². The minimum atomic E-state index is -0.823. The predicted molar refractivity (Wildman–Crippen MR) is 68.6 cm³/mol. The number of urea groups is 1. The monoisotopic (exact) mass is 271 g/mol. The third-order valence-electron chi connectivity index (χ3n) is 2.76. The molecular weight excluding hydrogens is 250 g/mol. The molecular formula is C12H21N3O4. The molecule has 1 aliphatic rings. The van der Waals surface area contributed by atoms with Gasteiger partial charge in [0.1, 0.15) is 0 Å². The van der Waals surface area contributed by atoms with Crippen LogP contribution >= 0.6 is 0 Å². The van der Waals surface area contributed by atoms with Crippen molar-refractivity contribution in [3.63, 3.8) is 0 Å². The first kappa shape index (κ1) is 15.3. The Morgan fingerprint density at radius 3 is 2.21 bits per heavy atom. The summed E-state index contributed by atoms with van der Waals surface area (Å²) in [6.07, 6.45) is 3.24. The number of hydrogen-bond acceptors (Lipinski definition) is 3. The largest absolute Gasteiger partial charge is 0.481 e. The maximum atomic E-state index is 11.3. The Kier molecular flexibility index (Phi) is 6.70. The second kappa shape index (κ2) is 8.34. The maximum Gasteiger partial charge on any atom is 0.314 e. The average Bonchev–Trinajstić information content (AvgIpc) is 3.17. The Hall–Kier alpha value is -1.79. The third-order valence-corrected chi connectivity index (χ3v) is 2.76. The van der Waals surface area contributed by atoms with Gasteiger partial charge in [-0.3, -0.25) is 9.59 Å². The van der Waals surface area contributed by atoms with Crippen molar-refractivity contribution in [1.29, 1.82) is 0 Å². The van der Waals surface area contributed by atoms with Crippen molar-refractivity contribution in [2.45, 2.75) is 32.1 Å². The zero-order valence-electron chi connectivity index (χ0n) is 10.9. The maximum absolute atomic E-state index is 11.3. The summed E-state index contributed by atoms with van der Waals surface area (Å²) in [6.45, 7) is 1.27. The molecule has 0 heterocycles. The van der Waals surface area contributed by atoms with Crippen molar-refractivity contribution >= 4 is 17.9 Å². The highest BCUT2D eigenvalue weighted by Crippen LogP contribution is 2.28. The topological polar surface area (TPSA) is 108 Å². The van der Waals surface area contributed by atoms with E-state index in [1.807, 2.05) is 0 Å². The first-order chi connectivity index (χ1) is 9.09. The minimum Gasteiger partial charge on any atom is -0.481 e. The molecule has 0 aromatic rings. The Balaban J connectivity index is 1.87. The van der Waals surface area contributed by atoms with Crippen molar-refractivity contribution in [3.8, 4) is 0 Å². The number of amides is 3. The van der Waals surface area contributed by atoms with E-state index in [4.69, 9.17) is 5.11 Å². The number of hydrogen-bond donors (Lipinski definition) is 4. The van der Waals surface area contributed by atoms with E-state index in [-0.39, 0.29) is 24.3 Å². The molecule has 0 bridgehead atoms. The van der Waals surface area contributed by atoms with Crippen LogP contribution in [0.3, 0.4) is 0 Å². The summed E-state index contributed by atoms with van der Waals surface area (Å²) in [5.74, 6) is -0.574. The molecule has 3 amide bonds. The number of unbranched alkanes of at least 4 members (excludes halogenated alkanes) is 1. The van der Waals surface area contributed by atoms with E-state index in [0.29, 0.717) is 32.5 Å².